The maximum Gasteiger partial charge on any atom is 0.167 e. The number of Topliss-reactive ketones (excluding diaryl/α,β-unsaturated/α-hetero) is 1. The summed E-state index contributed by atoms with van der Waals surface area (Å²) in [6.45, 7) is 0. The van der Waals surface area contributed by atoms with E-state index in [2.05, 4.69) is 30.3 Å². The van der Waals surface area contributed by atoms with Crippen molar-refractivity contribution in [3.63, 3.8) is 0 Å². The van der Waals surface area contributed by atoms with Crippen LogP contribution in [0.5, 0.6) is 5.75 Å². The summed E-state index contributed by atoms with van der Waals surface area (Å²) in [4.78, 5) is 13.0. The molecule has 0 spiro atoms. The maximum atomic E-state index is 13.0. The first-order valence-corrected chi connectivity index (χ1v) is 8.77. The molecule has 2 nitrogen and oxygen atoms in total. The zero-order valence-corrected chi connectivity index (χ0v) is 13.8. The largest absolute Gasteiger partial charge is 0.496 e. The van der Waals surface area contributed by atoms with Crippen LogP contribution in [0.3, 0.4) is 0 Å². The van der Waals surface area contributed by atoms with Gasteiger partial charge in [0.1, 0.15) is 5.75 Å². The van der Waals surface area contributed by atoms with Gasteiger partial charge in [0.2, 0.25) is 0 Å². The number of fused-ring (bicyclic) bond motifs is 7. The van der Waals surface area contributed by atoms with Crippen LogP contribution in [0.25, 0.3) is 0 Å². The Bertz CT molecular complexity index is 877. The van der Waals surface area contributed by atoms with Gasteiger partial charge < -0.3 is 4.74 Å². The van der Waals surface area contributed by atoms with E-state index in [1.165, 1.54) is 16.7 Å². The van der Waals surface area contributed by atoms with Gasteiger partial charge in [0.05, 0.1) is 7.11 Å². The minimum atomic E-state index is 0.0659. The molecule has 2 aromatic carbocycles. The molecule has 0 N–H and O–H groups in total. The molecule has 2 aromatic rings. The summed E-state index contributed by atoms with van der Waals surface area (Å²) in [6, 6.07) is 14.7. The van der Waals surface area contributed by atoms with Crippen molar-refractivity contribution >= 4 is 5.78 Å². The Morgan fingerprint density at radius 3 is 2.79 bits per heavy atom. The lowest BCUT2D eigenvalue weighted by Gasteiger charge is -2.39. The quantitative estimate of drug-likeness (QED) is 0.716. The van der Waals surface area contributed by atoms with E-state index in [0.29, 0.717) is 11.7 Å². The van der Waals surface area contributed by atoms with E-state index < -0.39 is 0 Å². The summed E-state index contributed by atoms with van der Waals surface area (Å²) in [5, 5.41) is 0. The normalized spacial score (nSPS) is 26.8. The van der Waals surface area contributed by atoms with Crippen molar-refractivity contribution in [3.05, 3.63) is 76.4 Å². The molecular formula is C22H20O2. The molecule has 3 aliphatic carbocycles. The molecule has 3 aliphatic rings. The van der Waals surface area contributed by atoms with Gasteiger partial charge in [-0.05, 0) is 36.5 Å². The topological polar surface area (TPSA) is 26.3 Å². The second-order valence-corrected chi connectivity index (χ2v) is 7.11. The van der Waals surface area contributed by atoms with Crippen molar-refractivity contribution in [3.8, 4) is 5.75 Å². The number of carbonyl (C=O) groups excluding carboxylic acids is 1. The lowest BCUT2D eigenvalue weighted by molar-refractivity contribution is 0.0915. The monoisotopic (exact) mass is 316 g/mol. The van der Waals surface area contributed by atoms with Gasteiger partial charge in [0.15, 0.2) is 5.78 Å². The number of methoxy groups -OCH3 is 1. The first kappa shape index (κ1) is 14.0. The third-order valence-electron chi connectivity index (χ3n) is 6.12. The van der Waals surface area contributed by atoms with Crippen LogP contribution in [-0.2, 0) is 6.42 Å². The average Bonchev–Trinajstić information content (AvgIpc) is 2.94. The van der Waals surface area contributed by atoms with Crippen LogP contribution in [0.15, 0.2) is 54.1 Å². The van der Waals surface area contributed by atoms with Crippen LogP contribution in [0, 0.1) is 5.92 Å². The standard InChI is InChI=1S/C22H20O2/c1-24-18-8-4-7-16-20(18)21-17(22(16)23)12-11-14-10-9-13-5-2-3-6-15(13)19(14)21/h2-8,11,17,19,21H,9-10,12H2,1H3. The smallest absolute Gasteiger partial charge is 0.167 e. The summed E-state index contributed by atoms with van der Waals surface area (Å²) in [6.07, 6.45) is 5.44. The molecule has 0 radical (unpaired) electrons. The molecule has 24 heavy (non-hydrogen) atoms. The van der Waals surface area contributed by atoms with Crippen LogP contribution in [0.1, 0.15) is 51.7 Å². The first-order chi connectivity index (χ1) is 11.8. The third kappa shape index (κ3) is 1.74. The van der Waals surface area contributed by atoms with Gasteiger partial charge in [-0.1, -0.05) is 48.0 Å². The molecule has 2 heteroatoms. The van der Waals surface area contributed by atoms with Gasteiger partial charge in [-0.15, -0.1) is 0 Å². The van der Waals surface area contributed by atoms with Crippen molar-refractivity contribution in [2.75, 3.05) is 7.11 Å². The molecule has 0 saturated carbocycles. The molecule has 0 aromatic heterocycles. The van der Waals surface area contributed by atoms with E-state index in [0.717, 1.165) is 36.1 Å². The summed E-state index contributed by atoms with van der Waals surface area (Å²) < 4.78 is 5.65. The summed E-state index contributed by atoms with van der Waals surface area (Å²) in [5.74, 6) is 1.79. The van der Waals surface area contributed by atoms with E-state index >= 15 is 0 Å². The summed E-state index contributed by atoms with van der Waals surface area (Å²) >= 11 is 0. The van der Waals surface area contributed by atoms with Crippen molar-refractivity contribution in [2.24, 2.45) is 5.92 Å². The fraction of sp³-hybridized carbons (Fsp3) is 0.318. The fourth-order valence-electron chi connectivity index (χ4n) is 5.13. The van der Waals surface area contributed by atoms with Gasteiger partial charge >= 0.3 is 0 Å². The zero-order chi connectivity index (χ0) is 16.3. The molecule has 120 valence electrons. The minimum Gasteiger partial charge on any atom is -0.496 e. The Morgan fingerprint density at radius 1 is 1.04 bits per heavy atom. The molecule has 0 bridgehead atoms. The van der Waals surface area contributed by atoms with Crippen LogP contribution in [-0.4, -0.2) is 12.9 Å². The van der Waals surface area contributed by atoms with E-state index in [9.17, 15) is 4.79 Å². The third-order valence-corrected chi connectivity index (χ3v) is 6.12. The number of rotatable bonds is 1. The highest BCUT2D eigenvalue weighted by molar-refractivity contribution is 6.04. The number of ether oxygens (including phenoxy) is 1. The molecule has 5 rings (SSSR count). The molecule has 0 aliphatic heterocycles. The van der Waals surface area contributed by atoms with Crippen LogP contribution in [0.4, 0.5) is 0 Å². The molecule has 3 atom stereocenters. The van der Waals surface area contributed by atoms with Crippen molar-refractivity contribution in [1.29, 1.82) is 0 Å². The van der Waals surface area contributed by atoms with Crippen molar-refractivity contribution < 1.29 is 9.53 Å². The van der Waals surface area contributed by atoms with Crippen LogP contribution >= 0.6 is 0 Å². The molecule has 0 fully saturated rings. The Kier molecular flexibility index (Phi) is 2.97. The van der Waals surface area contributed by atoms with E-state index in [1.807, 2.05) is 18.2 Å². The first-order valence-electron chi connectivity index (χ1n) is 8.77. The Hall–Kier alpha value is -2.35. The van der Waals surface area contributed by atoms with E-state index in [1.54, 1.807) is 7.11 Å². The number of allylic oxidation sites excluding steroid dienone is 2. The van der Waals surface area contributed by atoms with Gasteiger partial charge in [-0.25, -0.2) is 0 Å². The fourth-order valence-corrected chi connectivity index (χ4v) is 5.13. The second kappa shape index (κ2) is 5.07. The summed E-state index contributed by atoms with van der Waals surface area (Å²) in [7, 11) is 1.71. The predicted octanol–water partition coefficient (Wildman–Crippen LogP) is 4.65. The molecule has 3 unspecified atom stereocenters. The number of ketones is 1. The average molecular weight is 316 g/mol. The van der Waals surface area contributed by atoms with Crippen molar-refractivity contribution in [2.45, 2.75) is 31.1 Å². The second-order valence-electron chi connectivity index (χ2n) is 7.11. The maximum absolute atomic E-state index is 13.0. The van der Waals surface area contributed by atoms with Crippen molar-refractivity contribution in [1.82, 2.24) is 0 Å². The zero-order valence-electron chi connectivity index (χ0n) is 13.8. The van der Waals surface area contributed by atoms with Gasteiger partial charge in [0.25, 0.3) is 0 Å². The highest BCUT2D eigenvalue weighted by Crippen LogP contribution is 2.58. The molecule has 0 heterocycles. The number of hydrogen-bond donors (Lipinski definition) is 0. The van der Waals surface area contributed by atoms with Crippen LogP contribution < -0.4 is 4.74 Å². The van der Waals surface area contributed by atoms with E-state index in [4.69, 9.17) is 4.74 Å². The lowest BCUT2D eigenvalue weighted by Crippen LogP contribution is -2.28. The van der Waals surface area contributed by atoms with E-state index in [-0.39, 0.29) is 11.8 Å². The van der Waals surface area contributed by atoms with Gasteiger partial charge in [-0.2, -0.15) is 0 Å². The number of benzene rings is 2. The Balaban J connectivity index is 1.75. The minimum absolute atomic E-state index is 0.0659. The molecule has 0 amide bonds. The van der Waals surface area contributed by atoms with Gasteiger partial charge in [-0.3, -0.25) is 4.79 Å². The van der Waals surface area contributed by atoms with Gasteiger partial charge in [0, 0.05) is 28.9 Å². The lowest BCUT2D eigenvalue weighted by atomic mass is 9.64. The predicted molar refractivity (Wildman–Crippen MR) is 93.8 cm³/mol. The highest BCUT2D eigenvalue weighted by Gasteiger charge is 2.49. The highest BCUT2D eigenvalue weighted by atomic mass is 16.5. The summed E-state index contributed by atoms with van der Waals surface area (Å²) in [5.41, 5.74) is 6.39. The number of carbonyl (C=O) groups is 1. The Morgan fingerprint density at radius 2 is 1.92 bits per heavy atom. The number of aryl methyl sites for hydroxylation is 1. The number of hydrogen-bond acceptors (Lipinski definition) is 2. The molecule has 0 saturated heterocycles. The molecular weight excluding hydrogens is 296 g/mol. The van der Waals surface area contributed by atoms with Crippen LogP contribution in [0.2, 0.25) is 0 Å². The Labute approximate surface area is 142 Å². The SMILES string of the molecule is COc1cccc2c1C1C(CC=C3CCc4ccccc4C31)C2=O.